The number of aryl methyl sites for hydroxylation is 1. The van der Waals surface area contributed by atoms with Crippen LogP contribution in [0.1, 0.15) is 39.1 Å². The van der Waals surface area contributed by atoms with Crippen molar-refractivity contribution in [3.63, 3.8) is 0 Å². The molecule has 3 amide bonds. The number of carbonyl (C=O) groups is 3. The third-order valence-electron chi connectivity index (χ3n) is 6.69. The average Bonchev–Trinajstić information content (AvgIpc) is 3.23. The van der Waals surface area contributed by atoms with Crippen molar-refractivity contribution in [3.05, 3.63) is 71.0 Å². The molecule has 1 N–H and O–H groups in total. The van der Waals surface area contributed by atoms with E-state index in [1.165, 1.54) is 24.3 Å². The molecule has 2 aromatic carbocycles. The molecule has 2 fully saturated rings. The van der Waals surface area contributed by atoms with Crippen molar-refractivity contribution in [1.82, 2.24) is 15.1 Å². The Morgan fingerprint density at radius 1 is 1.09 bits per heavy atom. The predicted molar refractivity (Wildman–Crippen MR) is 126 cm³/mol. The van der Waals surface area contributed by atoms with E-state index in [1.807, 2.05) is 19.1 Å². The molecule has 2 saturated heterocycles. The molecule has 0 radical (unpaired) electrons. The Bertz CT molecular complexity index is 1080. The summed E-state index contributed by atoms with van der Waals surface area (Å²) in [4.78, 5) is 43.0. The molecular formula is C26H30FN3O5. The van der Waals surface area contributed by atoms with Crippen LogP contribution in [0, 0.1) is 12.7 Å². The molecule has 2 aliphatic heterocycles. The van der Waals surface area contributed by atoms with Gasteiger partial charge in [-0.3, -0.25) is 19.3 Å². The molecule has 2 aromatic rings. The van der Waals surface area contributed by atoms with Gasteiger partial charge >= 0.3 is 0 Å². The Hall–Kier alpha value is -3.30. The summed E-state index contributed by atoms with van der Waals surface area (Å²) in [6.45, 7) is 3.29. The van der Waals surface area contributed by atoms with Crippen molar-refractivity contribution in [1.29, 1.82) is 0 Å². The largest absolute Gasteiger partial charge is 0.383 e. The minimum Gasteiger partial charge on any atom is -0.383 e. The van der Waals surface area contributed by atoms with Gasteiger partial charge in [0.25, 0.3) is 11.8 Å². The van der Waals surface area contributed by atoms with Gasteiger partial charge in [-0.15, -0.1) is 0 Å². The van der Waals surface area contributed by atoms with Gasteiger partial charge in [0, 0.05) is 50.7 Å². The van der Waals surface area contributed by atoms with Crippen LogP contribution >= 0.6 is 0 Å². The first-order valence-corrected chi connectivity index (χ1v) is 11.7. The Morgan fingerprint density at radius 3 is 2.43 bits per heavy atom. The molecule has 0 unspecified atom stereocenters. The first-order chi connectivity index (χ1) is 16.9. The van der Waals surface area contributed by atoms with Gasteiger partial charge in [0.2, 0.25) is 5.91 Å². The van der Waals surface area contributed by atoms with Gasteiger partial charge in [0.05, 0.1) is 13.2 Å². The predicted octanol–water partition coefficient (Wildman–Crippen LogP) is 2.37. The van der Waals surface area contributed by atoms with E-state index < -0.39 is 17.6 Å². The van der Waals surface area contributed by atoms with Crippen LogP contribution in [0.2, 0.25) is 0 Å². The molecule has 2 heterocycles. The third kappa shape index (κ3) is 5.06. The lowest BCUT2D eigenvalue weighted by Crippen LogP contribution is -2.60. The number of piperidine rings is 1. The normalized spacial score (nSPS) is 19.1. The van der Waals surface area contributed by atoms with E-state index in [-0.39, 0.29) is 24.3 Å². The minimum atomic E-state index is -0.998. The molecule has 0 bridgehead atoms. The van der Waals surface area contributed by atoms with Crippen molar-refractivity contribution < 1.29 is 28.2 Å². The number of likely N-dealkylation sites (tertiary alicyclic amines) is 1. The van der Waals surface area contributed by atoms with Gasteiger partial charge < -0.3 is 19.7 Å². The zero-order chi connectivity index (χ0) is 25.0. The number of nitrogens with zero attached hydrogens (tertiary/aromatic N) is 2. The number of hydrogen-bond donors (Lipinski definition) is 1. The average molecular weight is 484 g/mol. The number of nitrogens with one attached hydrogen (secondary N) is 1. The fraction of sp³-hybridized carbons (Fsp3) is 0.423. The van der Waals surface area contributed by atoms with E-state index in [9.17, 15) is 18.8 Å². The van der Waals surface area contributed by atoms with Crippen LogP contribution in [0.3, 0.4) is 0 Å². The molecule has 0 saturated carbocycles. The molecule has 1 atom stereocenters. The fourth-order valence-electron chi connectivity index (χ4n) is 4.74. The smallest absolute Gasteiger partial charge is 0.257 e. The molecular weight excluding hydrogens is 453 g/mol. The van der Waals surface area contributed by atoms with Gasteiger partial charge in [-0.05, 0) is 42.8 Å². The highest BCUT2D eigenvalue weighted by Crippen LogP contribution is 2.39. The van der Waals surface area contributed by atoms with E-state index in [4.69, 9.17) is 9.47 Å². The van der Waals surface area contributed by atoms with E-state index in [0.29, 0.717) is 50.2 Å². The summed E-state index contributed by atoms with van der Waals surface area (Å²) in [5.41, 5.74) is 0.721. The van der Waals surface area contributed by atoms with Gasteiger partial charge in [0.15, 0.2) is 0 Å². The van der Waals surface area contributed by atoms with Crippen LogP contribution < -0.4 is 5.32 Å². The molecule has 2 aliphatic rings. The summed E-state index contributed by atoms with van der Waals surface area (Å²) < 4.78 is 24.5. The molecule has 0 aromatic heterocycles. The van der Waals surface area contributed by atoms with E-state index in [0.717, 1.165) is 5.56 Å². The molecule has 9 heteroatoms. The van der Waals surface area contributed by atoms with Crippen molar-refractivity contribution in [3.8, 4) is 0 Å². The maximum absolute atomic E-state index is 13.8. The second kappa shape index (κ2) is 10.5. The SMILES string of the molecule is COCCNC(=O)[C@H]1COC2(CCN(C(=O)c3ccc(F)cc3)CC2)N1C(=O)c1ccccc1C. The highest BCUT2D eigenvalue weighted by Gasteiger charge is 2.54. The van der Waals surface area contributed by atoms with Gasteiger partial charge in [-0.25, -0.2) is 4.39 Å². The summed E-state index contributed by atoms with van der Waals surface area (Å²) >= 11 is 0. The second-order valence-corrected chi connectivity index (χ2v) is 8.85. The molecule has 1 spiro atoms. The quantitative estimate of drug-likeness (QED) is 0.638. The first kappa shape index (κ1) is 24.8. The summed E-state index contributed by atoms with van der Waals surface area (Å²) in [5, 5.41) is 2.82. The van der Waals surface area contributed by atoms with Gasteiger partial charge in [-0.1, -0.05) is 18.2 Å². The number of halogens is 1. The number of ether oxygens (including phenoxy) is 2. The Morgan fingerprint density at radius 2 is 1.77 bits per heavy atom. The zero-order valence-corrected chi connectivity index (χ0v) is 20.0. The number of methoxy groups -OCH3 is 1. The highest BCUT2D eigenvalue weighted by atomic mass is 19.1. The number of amides is 3. The van der Waals surface area contributed by atoms with Crippen LogP contribution in [-0.2, 0) is 14.3 Å². The third-order valence-corrected chi connectivity index (χ3v) is 6.69. The van der Waals surface area contributed by atoms with Crippen LogP contribution in [0.4, 0.5) is 4.39 Å². The van der Waals surface area contributed by atoms with Gasteiger partial charge in [-0.2, -0.15) is 0 Å². The molecule has 4 rings (SSSR count). The first-order valence-electron chi connectivity index (χ1n) is 11.7. The summed E-state index contributed by atoms with van der Waals surface area (Å²) in [7, 11) is 1.55. The summed E-state index contributed by atoms with van der Waals surface area (Å²) in [6.07, 6.45) is 0.721. The molecule has 186 valence electrons. The second-order valence-electron chi connectivity index (χ2n) is 8.85. The Balaban J connectivity index is 1.56. The maximum Gasteiger partial charge on any atom is 0.257 e. The van der Waals surface area contributed by atoms with Crippen molar-refractivity contribution in [2.24, 2.45) is 0 Å². The number of carbonyl (C=O) groups excluding carboxylic acids is 3. The minimum absolute atomic E-state index is 0.0718. The summed E-state index contributed by atoms with van der Waals surface area (Å²) in [6, 6.07) is 11.9. The molecule has 8 nitrogen and oxygen atoms in total. The van der Waals surface area contributed by atoms with Crippen LogP contribution in [0.15, 0.2) is 48.5 Å². The van der Waals surface area contributed by atoms with E-state index in [1.54, 1.807) is 29.0 Å². The van der Waals surface area contributed by atoms with Crippen molar-refractivity contribution in [2.45, 2.75) is 31.5 Å². The topological polar surface area (TPSA) is 88.2 Å². The number of rotatable bonds is 6. The Kier molecular flexibility index (Phi) is 7.47. The number of hydrogen-bond acceptors (Lipinski definition) is 5. The zero-order valence-electron chi connectivity index (χ0n) is 20.0. The van der Waals surface area contributed by atoms with E-state index >= 15 is 0 Å². The van der Waals surface area contributed by atoms with Crippen LogP contribution in [-0.4, -0.2) is 79.2 Å². The van der Waals surface area contributed by atoms with Crippen LogP contribution in [0.5, 0.6) is 0 Å². The lowest BCUT2D eigenvalue weighted by Gasteiger charge is -2.44. The number of benzene rings is 2. The molecule has 0 aliphatic carbocycles. The Labute approximate surface area is 204 Å². The van der Waals surface area contributed by atoms with Gasteiger partial charge in [0.1, 0.15) is 17.6 Å². The van der Waals surface area contributed by atoms with Crippen LogP contribution in [0.25, 0.3) is 0 Å². The standard InChI is InChI=1S/C26H30FN3O5/c1-18-5-3-4-6-21(18)25(33)30-22(23(31)28-13-16-34-2)17-35-26(30)11-14-29(15-12-26)24(32)19-7-9-20(27)10-8-19/h3-10,22H,11-17H2,1-2H3,(H,28,31)/t22-/m1/s1. The maximum atomic E-state index is 13.8. The highest BCUT2D eigenvalue weighted by molar-refractivity contribution is 5.99. The van der Waals surface area contributed by atoms with E-state index in [2.05, 4.69) is 5.32 Å². The van der Waals surface area contributed by atoms with Crippen molar-refractivity contribution in [2.75, 3.05) is 40.0 Å². The lowest BCUT2D eigenvalue weighted by molar-refractivity contribution is -0.128. The molecule has 35 heavy (non-hydrogen) atoms. The van der Waals surface area contributed by atoms with Crippen molar-refractivity contribution >= 4 is 17.7 Å². The monoisotopic (exact) mass is 483 g/mol. The lowest BCUT2D eigenvalue weighted by atomic mass is 9.95. The fourth-order valence-corrected chi connectivity index (χ4v) is 4.74. The summed E-state index contributed by atoms with van der Waals surface area (Å²) in [5.74, 6) is -1.18.